The van der Waals surface area contributed by atoms with E-state index in [4.69, 9.17) is 4.74 Å². The number of non-ortho nitro benzene ring substituents is 1. The molecule has 1 heterocycles. The summed E-state index contributed by atoms with van der Waals surface area (Å²) in [6.45, 7) is 2.48. The summed E-state index contributed by atoms with van der Waals surface area (Å²) in [5.74, 6) is 0. The maximum absolute atomic E-state index is 10.7. The molecule has 0 bridgehead atoms. The van der Waals surface area contributed by atoms with Gasteiger partial charge in [0.1, 0.15) is 0 Å². The minimum Gasteiger partial charge on any atom is -0.378 e. The van der Waals surface area contributed by atoms with Gasteiger partial charge < -0.3 is 10.1 Å². The van der Waals surface area contributed by atoms with Gasteiger partial charge >= 0.3 is 0 Å². The van der Waals surface area contributed by atoms with Gasteiger partial charge in [0.2, 0.25) is 0 Å². The second-order valence-corrected chi connectivity index (χ2v) is 5.84. The Balaban J connectivity index is 1.74. The van der Waals surface area contributed by atoms with Gasteiger partial charge in [-0.3, -0.25) is 10.1 Å². The minimum atomic E-state index is -0.387. The molecule has 1 aliphatic rings. The number of hydrogen-bond donors (Lipinski definition) is 1. The number of nitrogens with one attached hydrogen (secondary N) is 1. The Hall–Kier alpha value is -0.980. The second kappa shape index (κ2) is 7.71. The van der Waals surface area contributed by atoms with Gasteiger partial charge in [-0.25, -0.2) is 0 Å². The lowest BCUT2D eigenvalue weighted by Crippen LogP contribution is -2.25. The van der Waals surface area contributed by atoms with Crippen LogP contribution in [0.4, 0.5) is 5.69 Å². The van der Waals surface area contributed by atoms with Crippen LogP contribution in [0.2, 0.25) is 0 Å². The first-order chi connectivity index (χ1) is 9.66. The van der Waals surface area contributed by atoms with Gasteiger partial charge in [0.15, 0.2) is 0 Å². The molecule has 2 rings (SSSR count). The largest absolute Gasteiger partial charge is 0.378 e. The van der Waals surface area contributed by atoms with E-state index in [0.717, 1.165) is 36.0 Å². The summed E-state index contributed by atoms with van der Waals surface area (Å²) in [6, 6.07) is 4.86. The fourth-order valence-electron chi connectivity index (χ4n) is 2.31. The number of hydrogen-bond acceptors (Lipinski definition) is 4. The number of nitro benzene ring substituents is 1. The average Bonchev–Trinajstić information content (AvgIpc) is 2.46. The number of rotatable bonds is 6. The quantitative estimate of drug-likeness (QED) is 0.488. The van der Waals surface area contributed by atoms with Gasteiger partial charge in [0.25, 0.3) is 5.69 Å². The zero-order valence-corrected chi connectivity index (χ0v) is 12.9. The van der Waals surface area contributed by atoms with Gasteiger partial charge in [0.05, 0.1) is 11.0 Å². The van der Waals surface area contributed by atoms with Gasteiger partial charge in [-0.05, 0) is 43.9 Å². The highest BCUT2D eigenvalue weighted by atomic mass is 79.9. The molecule has 20 heavy (non-hydrogen) atoms. The predicted molar refractivity (Wildman–Crippen MR) is 80.7 cm³/mol. The van der Waals surface area contributed by atoms with E-state index < -0.39 is 0 Å². The summed E-state index contributed by atoms with van der Waals surface area (Å²) in [5.41, 5.74) is 1.14. The van der Waals surface area contributed by atoms with Crippen molar-refractivity contribution in [2.75, 3.05) is 13.2 Å². The summed E-state index contributed by atoms with van der Waals surface area (Å²) >= 11 is 3.38. The molecule has 1 aromatic carbocycles. The van der Waals surface area contributed by atoms with Crippen LogP contribution in [0.15, 0.2) is 22.7 Å². The van der Waals surface area contributed by atoms with Crippen molar-refractivity contribution < 1.29 is 9.66 Å². The molecule has 0 aromatic heterocycles. The fourth-order valence-corrected chi connectivity index (χ4v) is 2.82. The lowest BCUT2D eigenvalue weighted by molar-refractivity contribution is -0.384. The molecule has 1 atom stereocenters. The smallest absolute Gasteiger partial charge is 0.270 e. The molecule has 5 nitrogen and oxygen atoms in total. The van der Waals surface area contributed by atoms with Crippen molar-refractivity contribution in [3.63, 3.8) is 0 Å². The van der Waals surface area contributed by atoms with E-state index in [1.54, 1.807) is 12.1 Å². The van der Waals surface area contributed by atoms with Crippen molar-refractivity contribution in [1.29, 1.82) is 0 Å². The molecule has 0 saturated carbocycles. The Labute approximate surface area is 127 Å². The molecular formula is C14H19BrN2O3. The molecule has 1 unspecified atom stereocenters. The van der Waals surface area contributed by atoms with Crippen molar-refractivity contribution >= 4 is 21.6 Å². The third kappa shape index (κ3) is 4.54. The van der Waals surface area contributed by atoms with Crippen LogP contribution in [0.3, 0.4) is 0 Å². The highest BCUT2D eigenvalue weighted by Gasteiger charge is 2.13. The molecule has 0 amide bonds. The van der Waals surface area contributed by atoms with Crippen molar-refractivity contribution in [3.05, 3.63) is 38.3 Å². The lowest BCUT2D eigenvalue weighted by atomic mass is 10.1. The van der Waals surface area contributed by atoms with Crippen molar-refractivity contribution in [2.24, 2.45) is 0 Å². The van der Waals surface area contributed by atoms with Crippen LogP contribution in [0.1, 0.15) is 31.2 Å². The first-order valence-corrected chi connectivity index (χ1v) is 7.71. The van der Waals surface area contributed by atoms with E-state index >= 15 is 0 Å². The van der Waals surface area contributed by atoms with E-state index in [2.05, 4.69) is 21.2 Å². The van der Waals surface area contributed by atoms with Crippen LogP contribution in [0.5, 0.6) is 0 Å². The molecule has 1 saturated heterocycles. The number of benzene rings is 1. The molecule has 0 aliphatic carbocycles. The third-order valence-electron chi connectivity index (χ3n) is 3.48. The Morgan fingerprint density at radius 2 is 2.30 bits per heavy atom. The first-order valence-electron chi connectivity index (χ1n) is 6.92. The molecule has 6 heteroatoms. The number of ether oxygens (including phenoxy) is 1. The predicted octanol–water partition coefficient (Wildman–Crippen LogP) is 3.41. The molecule has 0 spiro atoms. The highest BCUT2D eigenvalue weighted by molar-refractivity contribution is 9.10. The van der Waals surface area contributed by atoms with E-state index in [1.165, 1.54) is 18.9 Å². The SMILES string of the molecule is O=[N+]([O-])c1ccc(CNCCC2CCCCO2)c(Br)c1. The van der Waals surface area contributed by atoms with Crippen LogP contribution < -0.4 is 5.32 Å². The Morgan fingerprint density at radius 3 is 2.95 bits per heavy atom. The molecule has 1 aromatic rings. The van der Waals surface area contributed by atoms with Gasteiger partial charge in [-0.15, -0.1) is 0 Å². The molecule has 110 valence electrons. The van der Waals surface area contributed by atoms with Gasteiger partial charge in [-0.2, -0.15) is 0 Å². The molecule has 1 N–H and O–H groups in total. The van der Waals surface area contributed by atoms with Crippen LogP contribution >= 0.6 is 15.9 Å². The number of halogens is 1. The van der Waals surface area contributed by atoms with Crippen LogP contribution in [0.25, 0.3) is 0 Å². The van der Waals surface area contributed by atoms with E-state index in [1.807, 2.05) is 0 Å². The van der Waals surface area contributed by atoms with Crippen LogP contribution in [0, 0.1) is 10.1 Å². The van der Waals surface area contributed by atoms with Crippen molar-refractivity contribution in [2.45, 2.75) is 38.3 Å². The standard InChI is InChI=1S/C14H19BrN2O3/c15-14-9-12(17(18)19)5-4-11(14)10-16-7-6-13-3-1-2-8-20-13/h4-5,9,13,16H,1-3,6-8,10H2. The normalized spacial score (nSPS) is 18.9. The van der Waals surface area contributed by atoms with E-state index in [9.17, 15) is 10.1 Å². The average molecular weight is 343 g/mol. The number of nitrogens with zero attached hydrogens (tertiary/aromatic N) is 1. The summed E-state index contributed by atoms with van der Waals surface area (Å²) in [7, 11) is 0. The van der Waals surface area contributed by atoms with Crippen molar-refractivity contribution in [3.8, 4) is 0 Å². The topological polar surface area (TPSA) is 64.4 Å². The molecule has 1 aliphatic heterocycles. The third-order valence-corrected chi connectivity index (χ3v) is 4.22. The van der Waals surface area contributed by atoms with E-state index in [0.29, 0.717) is 12.6 Å². The highest BCUT2D eigenvalue weighted by Crippen LogP contribution is 2.23. The second-order valence-electron chi connectivity index (χ2n) is 4.99. The Kier molecular flexibility index (Phi) is 5.94. The van der Waals surface area contributed by atoms with E-state index in [-0.39, 0.29) is 10.6 Å². The van der Waals surface area contributed by atoms with Crippen LogP contribution in [-0.4, -0.2) is 24.2 Å². The summed E-state index contributed by atoms with van der Waals surface area (Å²) in [4.78, 5) is 10.3. The van der Waals surface area contributed by atoms with Gasteiger partial charge in [-0.1, -0.05) is 15.9 Å². The Bertz CT molecular complexity index is 462. The Morgan fingerprint density at radius 1 is 1.45 bits per heavy atom. The lowest BCUT2D eigenvalue weighted by Gasteiger charge is -2.22. The fraction of sp³-hybridized carbons (Fsp3) is 0.571. The monoisotopic (exact) mass is 342 g/mol. The first kappa shape index (κ1) is 15.4. The summed E-state index contributed by atoms with van der Waals surface area (Å²) < 4.78 is 6.44. The molecular weight excluding hydrogens is 324 g/mol. The zero-order valence-electron chi connectivity index (χ0n) is 11.3. The molecule has 0 radical (unpaired) electrons. The van der Waals surface area contributed by atoms with Gasteiger partial charge in [0, 0.05) is 29.8 Å². The van der Waals surface area contributed by atoms with Crippen LogP contribution in [-0.2, 0) is 11.3 Å². The summed E-state index contributed by atoms with van der Waals surface area (Å²) in [5, 5.41) is 14.0. The number of nitro groups is 1. The summed E-state index contributed by atoms with van der Waals surface area (Å²) in [6.07, 6.45) is 5.00. The van der Waals surface area contributed by atoms with Crippen molar-refractivity contribution in [1.82, 2.24) is 5.32 Å². The zero-order chi connectivity index (χ0) is 14.4. The molecule has 1 fully saturated rings. The maximum Gasteiger partial charge on any atom is 0.270 e. The maximum atomic E-state index is 10.7. The minimum absolute atomic E-state index is 0.108.